The van der Waals surface area contributed by atoms with Crippen LogP contribution in [0.15, 0.2) is 36.4 Å². The van der Waals surface area contributed by atoms with Crippen LogP contribution in [0.2, 0.25) is 0 Å². The van der Waals surface area contributed by atoms with Crippen LogP contribution in [-0.4, -0.2) is 27.5 Å². The van der Waals surface area contributed by atoms with Crippen LogP contribution in [0.1, 0.15) is 76.2 Å². The molecule has 0 aliphatic carbocycles. The van der Waals surface area contributed by atoms with E-state index in [1.807, 2.05) is 65.8 Å². The molecular weight excluding hydrogens is 488 g/mol. The highest BCUT2D eigenvalue weighted by Gasteiger charge is 2.36. The topological polar surface area (TPSA) is 66.8 Å². The number of carbonyl (C=O) groups is 2. The van der Waals surface area contributed by atoms with Crippen molar-refractivity contribution in [3.05, 3.63) is 92.5 Å². The number of carbonyl (C=O) groups excluding carboxylic acids is 1. The molecule has 7 heteroatoms. The summed E-state index contributed by atoms with van der Waals surface area (Å²) in [7, 11) is 0. The number of fused-ring (bicyclic) bond motifs is 1. The average Bonchev–Trinajstić information content (AvgIpc) is 3.29. The number of halogens is 2. The number of rotatable bonds is 5. The van der Waals surface area contributed by atoms with Crippen LogP contribution in [0.25, 0.3) is 11.1 Å². The highest BCUT2D eigenvalue weighted by atomic mass is 19.2. The van der Waals surface area contributed by atoms with Gasteiger partial charge in [-0.1, -0.05) is 29.8 Å². The van der Waals surface area contributed by atoms with Gasteiger partial charge in [0, 0.05) is 24.2 Å². The number of ether oxygens (including phenoxy) is 1. The van der Waals surface area contributed by atoms with E-state index in [9.17, 15) is 23.5 Å². The molecule has 200 valence electrons. The van der Waals surface area contributed by atoms with Crippen LogP contribution in [-0.2, 0) is 22.6 Å². The summed E-state index contributed by atoms with van der Waals surface area (Å²) < 4.78 is 34.0. The zero-order chi connectivity index (χ0) is 28.1. The van der Waals surface area contributed by atoms with Gasteiger partial charge in [-0.2, -0.15) is 0 Å². The Labute approximate surface area is 222 Å². The third kappa shape index (κ3) is 5.07. The highest BCUT2D eigenvalue weighted by Crippen LogP contribution is 2.44. The van der Waals surface area contributed by atoms with Gasteiger partial charge in [0.05, 0.1) is 5.60 Å². The van der Waals surface area contributed by atoms with E-state index in [1.165, 1.54) is 13.0 Å². The van der Waals surface area contributed by atoms with Gasteiger partial charge < -0.3 is 14.7 Å². The van der Waals surface area contributed by atoms with Crippen molar-refractivity contribution in [2.75, 3.05) is 0 Å². The van der Waals surface area contributed by atoms with Crippen LogP contribution in [0, 0.1) is 39.3 Å². The number of hydrogen-bond acceptors (Lipinski definition) is 3. The molecule has 0 saturated carbocycles. The van der Waals surface area contributed by atoms with Gasteiger partial charge in [-0.05, 0) is 99.5 Å². The maximum atomic E-state index is 14.1. The smallest absolute Gasteiger partial charge is 0.337 e. The Kier molecular flexibility index (Phi) is 7.19. The van der Waals surface area contributed by atoms with Crippen molar-refractivity contribution >= 4 is 11.9 Å². The van der Waals surface area contributed by atoms with Crippen molar-refractivity contribution < 1.29 is 28.2 Å². The van der Waals surface area contributed by atoms with E-state index in [0.717, 1.165) is 45.0 Å². The van der Waals surface area contributed by atoms with Crippen LogP contribution in [0.5, 0.6) is 0 Å². The number of benzene rings is 3. The molecule has 0 fully saturated rings. The number of aryl methyl sites for hydroxylation is 2. The van der Waals surface area contributed by atoms with Crippen LogP contribution in [0.4, 0.5) is 8.78 Å². The second-order valence-electron chi connectivity index (χ2n) is 11.1. The molecule has 1 aliphatic heterocycles. The quantitative estimate of drug-likeness (QED) is 0.394. The molecule has 4 rings (SSSR count). The van der Waals surface area contributed by atoms with Gasteiger partial charge in [-0.25, -0.2) is 13.6 Å². The van der Waals surface area contributed by atoms with Gasteiger partial charge in [0.2, 0.25) is 0 Å². The van der Waals surface area contributed by atoms with E-state index in [1.54, 1.807) is 4.90 Å². The first-order valence-corrected chi connectivity index (χ1v) is 12.6. The molecule has 0 saturated heterocycles. The molecule has 3 aromatic rings. The molecule has 0 spiro atoms. The monoisotopic (exact) mass is 521 g/mol. The first kappa shape index (κ1) is 27.5. The zero-order valence-electron chi connectivity index (χ0n) is 22.8. The lowest BCUT2D eigenvalue weighted by atomic mass is 9.83. The standard InChI is InChI=1S/C31H33F2NO4/c1-16-8-10-20(11-9-16)25-18(3)22-14-34(29(35)21-12-17(2)27(33)24(32)13-21)15-23(22)19(4)26(25)28(30(36)37)38-31(5,6)7/h8-13,28H,14-15H2,1-7H3,(H,36,37). The van der Waals surface area contributed by atoms with Crippen molar-refractivity contribution in [3.8, 4) is 11.1 Å². The van der Waals surface area contributed by atoms with Crippen molar-refractivity contribution in [3.63, 3.8) is 0 Å². The molecule has 1 unspecified atom stereocenters. The minimum Gasteiger partial charge on any atom is -0.479 e. The Morgan fingerprint density at radius 1 is 0.947 bits per heavy atom. The normalized spacial score (nSPS) is 14.0. The molecule has 1 N–H and O–H groups in total. The Hall–Kier alpha value is -3.58. The minimum atomic E-state index is -1.23. The predicted octanol–water partition coefficient (Wildman–Crippen LogP) is 6.96. The van der Waals surface area contributed by atoms with E-state index in [-0.39, 0.29) is 24.2 Å². The Balaban J connectivity index is 1.88. The van der Waals surface area contributed by atoms with E-state index in [2.05, 4.69) is 0 Å². The number of hydrogen-bond donors (Lipinski definition) is 1. The maximum absolute atomic E-state index is 14.1. The van der Waals surface area contributed by atoms with Crippen LogP contribution < -0.4 is 0 Å². The van der Waals surface area contributed by atoms with Crippen LogP contribution in [0.3, 0.4) is 0 Å². The number of carboxylic acid groups (broad SMARTS) is 1. The summed E-state index contributed by atoms with van der Waals surface area (Å²) in [6.45, 7) is 13.1. The molecule has 0 radical (unpaired) electrons. The molecule has 0 bridgehead atoms. The molecule has 1 amide bonds. The fourth-order valence-corrected chi connectivity index (χ4v) is 5.20. The number of amides is 1. The van der Waals surface area contributed by atoms with Gasteiger partial charge in [-0.15, -0.1) is 0 Å². The van der Waals surface area contributed by atoms with Crippen molar-refractivity contribution in [1.82, 2.24) is 4.90 Å². The van der Waals surface area contributed by atoms with Crippen molar-refractivity contribution in [1.29, 1.82) is 0 Å². The highest BCUT2D eigenvalue weighted by molar-refractivity contribution is 5.95. The summed E-state index contributed by atoms with van der Waals surface area (Å²) in [5.41, 5.74) is 6.07. The summed E-state index contributed by atoms with van der Waals surface area (Å²) in [5.74, 6) is -3.55. The third-order valence-electron chi connectivity index (χ3n) is 7.06. The number of aliphatic carboxylic acids is 1. The van der Waals surface area contributed by atoms with Gasteiger partial charge in [0.25, 0.3) is 5.91 Å². The molecular formula is C31H33F2NO4. The fraction of sp³-hybridized carbons (Fsp3) is 0.355. The summed E-state index contributed by atoms with van der Waals surface area (Å²) in [6.07, 6.45) is -1.23. The number of carboxylic acids is 1. The zero-order valence-corrected chi connectivity index (χ0v) is 22.8. The molecule has 38 heavy (non-hydrogen) atoms. The average molecular weight is 522 g/mol. The molecule has 5 nitrogen and oxygen atoms in total. The number of nitrogens with zero attached hydrogens (tertiary/aromatic N) is 1. The molecule has 1 heterocycles. The van der Waals surface area contributed by atoms with Gasteiger partial charge in [0.1, 0.15) is 0 Å². The lowest BCUT2D eigenvalue weighted by Crippen LogP contribution is -2.28. The molecule has 0 aromatic heterocycles. The van der Waals surface area contributed by atoms with Crippen molar-refractivity contribution in [2.24, 2.45) is 0 Å². The van der Waals surface area contributed by atoms with Crippen molar-refractivity contribution in [2.45, 2.75) is 73.3 Å². The van der Waals surface area contributed by atoms with E-state index in [0.29, 0.717) is 5.56 Å². The van der Waals surface area contributed by atoms with E-state index < -0.39 is 35.2 Å². The second kappa shape index (κ2) is 9.95. The van der Waals surface area contributed by atoms with E-state index in [4.69, 9.17) is 4.74 Å². The Morgan fingerprint density at radius 2 is 1.53 bits per heavy atom. The van der Waals surface area contributed by atoms with Gasteiger partial charge in [0.15, 0.2) is 17.7 Å². The Morgan fingerprint density at radius 3 is 2.05 bits per heavy atom. The minimum absolute atomic E-state index is 0.0602. The summed E-state index contributed by atoms with van der Waals surface area (Å²) >= 11 is 0. The first-order valence-electron chi connectivity index (χ1n) is 12.6. The SMILES string of the molecule is Cc1ccc(-c2c(C)c3c(c(C)c2C(OC(C)(C)C)C(=O)O)CN(C(=O)c2cc(C)c(F)c(F)c2)C3)cc1. The molecule has 1 aliphatic rings. The Bertz CT molecular complexity index is 1410. The van der Waals surface area contributed by atoms with E-state index >= 15 is 0 Å². The van der Waals surface area contributed by atoms with Crippen LogP contribution >= 0.6 is 0 Å². The van der Waals surface area contributed by atoms with Gasteiger partial charge >= 0.3 is 5.97 Å². The summed E-state index contributed by atoms with van der Waals surface area (Å²) in [6, 6.07) is 10.2. The lowest BCUT2D eigenvalue weighted by Gasteiger charge is -2.29. The lowest BCUT2D eigenvalue weighted by molar-refractivity contribution is -0.160. The first-order chi connectivity index (χ1) is 17.7. The summed E-state index contributed by atoms with van der Waals surface area (Å²) in [4.78, 5) is 27.5. The summed E-state index contributed by atoms with van der Waals surface area (Å²) in [5, 5.41) is 10.3. The predicted molar refractivity (Wildman–Crippen MR) is 142 cm³/mol. The molecule has 3 aromatic carbocycles. The maximum Gasteiger partial charge on any atom is 0.337 e. The largest absolute Gasteiger partial charge is 0.479 e. The third-order valence-corrected chi connectivity index (χ3v) is 7.06. The second-order valence-corrected chi connectivity index (χ2v) is 11.1. The fourth-order valence-electron chi connectivity index (χ4n) is 5.20. The molecule has 1 atom stereocenters. The van der Waals surface area contributed by atoms with Gasteiger partial charge in [-0.3, -0.25) is 4.79 Å².